The summed E-state index contributed by atoms with van der Waals surface area (Å²) in [5.41, 5.74) is 4.25. The Kier molecular flexibility index (Phi) is 5.29. The van der Waals surface area contributed by atoms with Crippen molar-refractivity contribution in [3.8, 4) is 22.4 Å². The molecule has 146 valence electrons. The summed E-state index contributed by atoms with van der Waals surface area (Å²) in [6.45, 7) is 1.88. The van der Waals surface area contributed by atoms with Crippen molar-refractivity contribution in [2.75, 3.05) is 0 Å². The van der Waals surface area contributed by atoms with Gasteiger partial charge in [0.05, 0.1) is 4.90 Å². The maximum absolute atomic E-state index is 12.8. The van der Waals surface area contributed by atoms with Crippen molar-refractivity contribution in [2.45, 2.75) is 18.4 Å². The van der Waals surface area contributed by atoms with E-state index in [-0.39, 0.29) is 11.4 Å². The van der Waals surface area contributed by atoms with Gasteiger partial charge in [0.1, 0.15) is 11.5 Å². The molecule has 0 atom stereocenters. The molecule has 0 aliphatic rings. The Hall–Kier alpha value is -3.22. The average molecular weight is 404 g/mol. The van der Waals surface area contributed by atoms with Gasteiger partial charge in [-0.3, -0.25) is 0 Å². The first-order chi connectivity index (χ1) is 14.0. The third-order valence-corrected chi connectivity index (χ3v) is 6.16. The Labute approximate surface area is 170 Å². The standard InChI is InChI=1S/C23H20N2O3S/c1-17-22(23(25-28-17)20-10-6-3-7-11-20)16-24-29(26,27)21-14-12-19(13-15-21)18-8-4-2-5-9-18/h2-15,24H,16H2,1H3. The number of hydrogen-bond donors (Lipinski definition) is 1. The van der Waals surface area contributed by atoms with Crippen LogP contribution in [0, 0.1) is 6.92 Å². The maximum Gasteiger partial charge on any atom is 0.240 e. The largest absolute Gasteiger partial charge is 0.361 e. The topological polar surface area (TPSA) is 72.2 Å². The molecule has 6 heteroatoms. The van der Waals surface area contributed by atoms with Crippen LogP contribution in [0.3, 0.4) is 0 Å². The Morgan fingerprint density at radius 3 is 1.97 bits per heavy atom. The van der Waals surface area contributed by atoms with Gasteiger partial charge in [-0.05, 0) is 30.2 Å². The molecule has 3 aromatic carbocycles. The molecule has 0 radical (unpaired) electrons. The Balaban J connectivity index is 1.54. The summed E-state index contributed by atoms with van der Waals surface area (Å²) in [6.07, 6.45) is 0. The zero-order valence-corrected chi connectivity index (χ0v) is 16.7. The van der Waals surface area contributed by atoms with Crippen LogP contribution >= 0.6 is 0 Å². The van der Waals surface area contributed by atoms with E-state index in [0.29, 0.717) is 11.5 Å². The van der Waals surface area contributed by atoms with Crippen LogP contribution in [-0.4, -0.2) is 13.6 Å². The number of aryl methyl sites for hydroxylation is 1. The molecular weight excluding hydrogens is 384 g/mol. The van der Waals surface area contributed by atoms with Crippen molar-refractivity contribution in [1.29, 1.82) is 0 Å². The van der Waals surface area contributed by atoms with Crippen LogP contribution in [0.25, 0.3) is 22.4 Å². The summed E-state index contributed by atoms with van der Waals surface area (Å²) >= 11 is 0. The van der Waals surface area contributed by atoms with Gasteiger partial charge in [0.2, 0.25) is 10.0 Å². The molecule has 29 heavy (non-hydrogen) atoms. The van der Waals surface area contributed by atoms with Gasteiger partial charge in [0.15, 0.2) is 0 Å². The number of rotatable bonds is 6. The average Bonchev–Trinajstić information content (AvgIpc) is 3.14. The number of sulfonamides is 1. The first-order valence-electron chi connectivity index (χ1n) is 9.20. The lowest BCUT2D eigenvalue weighted by atomic mass is 10.1. The fraction of sp³-hybridized carbons (Fsp3) is 0.0870. The highest BCUT2D eigenvalue weighted by Crippen LogP contribution is 2.26. The van der Waals surface area contributed by atoms with Crippen LogP contribution < -0.4 is 4.72 Å². The lowest BCUT2D eigenvalue weighted by Gasteiger charge is -2.09. The minimum Gasteiger partial charge on any atom is -0.361 e. The predicted molar refractivity (Wildman–Crippen MR) is 113 cm³/mol. The second kappa shape index (κ2) is 8.03. The molecule has 0 saturated heterocycles. The molecule has 1 heterocycles. The molecule has 0 amide bonds. The van der Waals surface area contributed by atoms with E-state index in [4.69, 9.17) is 4.52 Å². The van der Waals surface area contributed by atoms with Crippen LogP contribution in [0.15, 0.2) is 94.3 Å². The molecule has 5 nitrogen and oxygen atoms in total. The van der Waals surface area contributed by atoms with Gasteiger partial charge in [-0.25, -0.2) is 13.1 Å². The smallest absolute Gasteiger partial charge is 0.240 e. The van der Waals surface area contributed by atoms with Gasteiger partial charge in [-0.15, -0.1) is 0 Å². The van der Waals surface area contributed by atoms with Gasteiger partial charge in [-0.1, -0.05) is 78.0 Å². The van der Waals surface area contributed by atoms with E-state index < -0.39 is 10.0 Å². The first kappa shape index (κ1) is 19.1. The molecule has 0 fully saturated rings. The third kappa shape index (κ3) is 4.13. The number of aromatic nitrogens is 1. The van der Waals surface area contributed by atoms with Crippen LogP contribution in [0.4, 0.5) is 0 Å². The van der Waals surface area contributed by atoms with Gasteiger partial charge in [0.25, 0.3) is 0 Å². The van der Waals surface area contributed by atoms with Crippen molar-refractivity contribution in [1.82, 2.24) is 9.88 Å². The second-order valence-electron chi connectivity index (χ2n) is 6.65. The zero-order valence-electron chi connectivity index (χ0n) is 15.9. The molecule has 0 bridgehead atoms. The lowest BCUT2D eigenvalue weighted by molar-refractivity contribution is 0.398. The van der Waals surface area contributed by atoms with Crippen molar-refractivity contribution in [3.63, 3.8) is 0 Å². The zero-order chi connectivity index (χ0) is 20.3. The van der Waals surface area contributed by atoms with E-state index in [9.17, 15) is 8.42 Å². The molecule has 0 unspecified atom stereocenters. The highest BCUT2D eigenvalue weighted by molar-refractivity contribution is 7.89. The molecular formula is C23H20N2O3S. The molecule has 4 aromatic rings. The first-order valence-corrected chi connectivity index (χ1v) is 10.7. The third-order valence-electron chi connectivity index (χ3n) is 4.74. The molecule has 1 N–H and O–H groups in total. The minimum absolute atomic E-state index is 0.0995. The van der Waals surface area contributed by atoms with E-state index in [2.05, 4.69) is 9.88 Å². The summed E-state index contributed by atoms with van der Waals surface area (Å²) in [5, 5.41) is 4.09. The number of hydrogen-bond acceptors (Lipinski definition) is 4. The van der Waals surface area contributed by atoms with E-state index in [1.165, 1.54) is 0 Å². The van der Waals surface area contributed by atoms with Crippen molar-refractivity contribution < 1.29 is 12.9 Å². The number of benzene rings is 3. The second-order valence-corrected chi connectivity index (χ2v) is 8.41. The molecule has 0 spiro atoms. The Morgan fingerprint density at radius 2 is 1.34 bits per heavy atom. The normalized spacial score (nSPS) is 11.5. The van der Waals surface area contributed by atoms with Crippen molar-refractivity contribution in [2.24, 2.45) is 0 Å². The quantitative estimate of drug-likeness (QED) is 0.501. The summed E-state index contributed by atoms with van der Waals surface area (Å²) in [5.74, 6) is 0.589. The van der Waals surface area contributed by atoms with E-state index in [1.54, 1.807) is 19.1 Å². The number of nitrogens with one attached hydrogen (secondary N) is 1. The Morgan fingerprint density at radius 1 is 0.793 bits per heavy atom. The fourth-order valence-electron chi connectivity index (χ4n) is 3.13. The monoisotopic (exact) mass is 404 g/mol. The van der Waals surface area contributed by atoms with Crippen LogP contribution in [0.1, 0.15) is 11.3 Å². The summed E-state index contributed by atoms with van der Waals surface area (Å²) < 4.78 is 33.5. The van der Waals surface area contributed by atoms with Gasteiger partial charge >= 0.3 is 0 Å². The van der Waals surface area contributed by atoms with Crippen LogP contribution in [0.5, 0.6) is 0 Å². The summed E-state index contributed by atoms with van der Waals surface area (Å²) in [4.78, 5) is 0.215. The van der Waals surface area contributed by atoms with Gasteiger partial charge < -0.3 is 4.52 Å². The maximum atomic E-state index is 12.8. The van der Waals surface area contributed by atoms with Crippen LogP contribution in [-0.2, 0) is 16.6 Å². The van der Waals surface area contributed by atoms with Gasteiger partial charge in [-0.2, -0.15) is 0 Å². The van der Waals surface area contributed by atoms with E-state index in [1.807, 2.05) is 72.8 Å². The molecule has 0 aliphatic heterocycles. The fourth-order valence-corrected chi connectivity index (χ4v) is 4.13. The lowest BCUT2D eigenvalue weighted by Crippen LogP contribution is -2.23. The summed E-state index contributed by atoms with van der Waals surface area (Å²) in [7, 11) is -3.67. The Bertz CT molecular complexity index is 1200. The highest BCUT2D eigenvalue weighted by Gasteiger charge is 2.19. The highest BCUT2D eigenvalue weighted by atomic mass is 32.2. The number of nitrogens with zero attached hydrogens (tertiary/aromatic N) is 1. The molecule has 0 saturated carbocycles. The van der Waals surface area contributed by atoms with E-state index >= 15 is 0 Å². The van der Waals surface area contributed by atoms with Crippen LogP contribution in [0.2, 0.25) is 0 Å². The van der Waals surface area contributed by atoms with Crippen molar-refractivity contribution in [3.05, 3.63) is 96.3 Å². The summed E-state index contributed by atoms with van der Waals surface area (Å²) in [6, 6.07) is 26.2. The SMILES string of the molecule is Cc1onc(-c2ccccc2)c1CNS(=O)(=O)c1ccc(-c2ccccc2)cc1. The minimum atomic E-state index is -3.67. The van der Waals surface area contributed by atoms with Crippen molar-refractivity contribution >= 4 is 10.0 Å². The molecule has 0 aliphatic carbocycles. The van der Waals surface area contributed by atoms with Gasteiger partial charge in [0, 0.05) is 17.7 Å². The molecule has 4 rings (SSSR count). The predicted octanol–water partition coefficient (Wildman–Crippen LogP) is 4.80. The van der Waals surface area contributed by atoms with E-state index in [0.717, 1.165) is 22.3 Å². The molecule has 1 aromatic heterocycles.